The van der Waals surface area contributed by atoms with E-state index in [0.29, 0.717) is 34.6 Å². The lowest BCUT2D eigenvalue weighted by Gasteiger charge is -2.18. The number of halogens is 2. The Labute approximate surface area is 180 Å². The molecule has 5 nitrogen and oxygen atoms in total. The average molecular weight is 432 g/mol. The van der Waals surface area contributed by atoms with E-state index < -0.39 is 0 Å². The summed E-state index contributed by atoms with van der Waals surface area (Å²) >= 11 is 11.9. The summed E-state index contributed by atoms with van der Waals surface area (Å²) in [6, 6.07) is 13.4. The van der Waals surface area contributed by atoms with Crippen molar-refractivity contribution in [1.82, 2.24) is 15.5 Å². The largest absolute Gasteiger partial charge is 0.347 e. The lowest BCUT2D eigenvalue weighted by molar-refractivity contribution is -0.121. The van der Waals surface area contributed by atoms with Gasteiger partial charge in [-0.05, 0) is 35.1 Å². The number of carbonyl (C=O) groups is 1. The number of rotatable bonds is 6. The van der Waals surface area contributed by atoms with E-state index in [9.17, 15) is 4.79 Å². The summed E-state index contributed by atoms with van der Waals surface area (Å²) in [7, 11) is 0. The van der Waals surface area contributed by atoms with Crippen LogP contribution in [0.4, 0.5) is 0 Å². The SMILES string of the molecule is CC(C)(C)c1ccc(-c2noc(CNC(=O)CCc3ccc(Cl)c(Cl)c3)n2)cc1. The van der Waals surface area contributed by atoms with Gasteiger partial charge in [-0.2, -0.15) is 4.98 Å². The standard InChI is InChI=1S/C22H23Cl2N3O2/c1-22(2,3)16-8-6-15(7-9-16)21-26-20(29-27-21)13-25-19(28)11-5-14-4-10-17(23)18(24)12-14/h4,6-10,12H,5,11,13H2,1-3H3,(H,25,28). The minimum Gasteiger partial charge on any atom is -0.347 e. The number of hydrogen-bond donors (Lipinski definition) is 1. The molecule has 0 aliphatic rings. The van der Waals surface area contributed by atoms with Gasteiger partial charge in [0.15, 0.2) is 0 Å². The lowest BCUT2D eigenvalue weighted by atomic mass is 9.87. The number of nitrogens with zero attached hydrogens (tertiary/aromatic N) is 2. The molecule has 3 aromatic rings. The normalized spacial score (nSPS) is 11.5. The van der Waals surface area contributed by atoms with Gasteiger partial charge in [-0.15, -0.1) is 0 Å². The molecule has 0 spiro atoms. The quantitative estimate of drug-likeness (QED) is 0.552. The Morgan fingerprint density at radius 2 is 1.79 bits per heavy atom. The molecule has 0 aliphatic heterocycles. The Balaban J connectivity index is 1.52. The minimum atomic E-state index is -0.106. The smallest absolute Gasteiger partial charge is 0.246 e. The highest BCUT2D eigenvalue weighted by Crippen LogP contribution is 2.25. The zero-order valence-corrected chi connectivity index (χ0v) is 18.1. The van der Waals surface area contributed by atoms with Crippen molar-refractivity contribution in [3.63, 3.8) is 0 Å². The van der Waals surface area contributed by atoms with Gasteiger partial charge in [-0.1, -0.05) is 79.5 Å². The third kappa shape index (κ3) is 5.81. The number of carbonyl (C=O) groups excluding carboxylic acids is 1. The first-order chi connectivity index (χ1) is 13.7. The van der Waals surface area contributed by atoms with E-state index in [1.54, 1.807) is 12.1 Å². The highest BCUT2D eigenvalue weighted by Gasteiger charge is 2.15. The summed E-state index contributed by atoms with van der Waals surface area (Å²) in [5.74, 6) is 0.763. The molecular formula is C22H23Cl2N3O2. The van der Waals surface area contributed by atoms with Crippen molar-refractivity contribution in [2.75, 3.05) is 0 Å². The summed E-state index contributed by atoms with van der Waals surface area (Å²) in [6.45, 7) is 6.68. The molecule has 152 valence electrons. The van der Waals surface area contributed by atoms with Gasteiger partial charge in [0, 0.05) is 12.0 Å². The molecule has 1 N–H and O–H groups in total. The van der Waals surface area contributed by atoms with E-state index in [1.807, 2.05) is 18.2 Å². The molecule has 0 aliphatic carbocycles. The molecule has 2 aromatic carbocycles. The topological polar surface area (TPSA) is 68.0 Å². The van der Waals surface area contributed by atoms with Crippen molar-refractivity contribution in [3.8, 4) is 11.4 Å². The summed E-state index contributed by atoms with van der Waals surface area (Å²) in [6.07, 6.45) is 0.894. The van der Waals surface area contributed by atoms with Crippen LogP contribution in [-0.2, 0) is 23.2 Å². The van der Waals surface area contributed by atoms with Crippen LogP contribution >= 0.6 is 23.2 Å². The first kappa shape index (κ1) is 21.3. The molecule has 0 atom stereocenters. The monoisotopic (exact) mass is 431 g/mol. The van der Waals surface area contributed by atoms with Crippen LogP contribution in [0, 0.1) is 0 Å². The third-order valence-electron chi connectivity index (χ3n) is 4.54. The Bertz CT molecular complexity index is 992. The molecule has 0 fully saturated rings. The van der Waals surface area contributed by atoms with Gasteiger partial charge >= 0.3 is 0 Å². The zero-order chi connectivity index (χ0) is 21.0. The molecule has 1 amide bonds. The van der Waals surface area contributed by atoms with Gasteiger partial charge in [0.2, 0.25) is 17.6 Å². The second-order valence-electron chi connectivity index (χ2n) is 7.86. The van der Waals surface area contributed by atoms with E-state index in [0.717, 1.165) is 11.1 Å². The Hall–Kier alpha value is -2.37. The summed E-state index contributed by atoms with van der Waals surface area (Å²) in [5, 5.41) is 7.78. The van der Waals surface area contributed by atoms with Crippen molar-refractivity contribution in [1.29, 1.82) is 0 Å². The van der Waals surface area contributed by atoms with Gasteiger partial charge in [0.05, 0.1) is 16.6 Å². The van der Waals surface area contributed by atoms with Gasteiger partial charge in [0.25, 0.3) is 0 Å². The highest BCUT2D eigenvalue weighted by molar-refractivity contribution is 6.42. The third-order valence-corrected chi connectivity index (χ3v) is 5.28. The van der Waals surface area contributed by atoms with Gasteiger partial charge in [-0.3, -0.25) is 4.79 Å². The molecule has 0 unspecified atom stereocenters. The van der Waals surface area contributed by atoms with E-state index >= 15 is 0 Å². The fourth-order valence-corrected chi connectivity index (χ4v) is 3.10. The number of amides is 1. The molecule has 7 heteroatoms. The number of benzene rings is 2. The molecule has 3 rings (SSSR count). The van der Waals surface area contributed by atoms with Gasteiger partial charge in [-0.25, -0.2) is 0 Å². The maximum absolute atomic E-state index is 12.1. The van der Waals surface area contributed by atoms with Crippen LogP contribution in [0.3, 0.4) is 0 Å². The Morgan fingerprint density at radius 3 is 2.45 bits per heavy atom. The van der Waals surface area contributed by atoms with Crippen molar-refractivity contribution in [2.45, 2.75) is 45.6 Å². The summed E-state index contributed by atoms with van der Waals surface area (Å²) in [4.78, 5) is 16.4. The van der Waals surface area contributed by atoms with Gasteiger partial charge in [0.1, 0.15) is 0 Å². The molecule has 0 bridgehead atoms. The minimum absolute atomic E-state index is 0.0859. The molecule has 0 saturated carbocycles. The summed E-state index contributed by atoms with van der Waals surface area (Å²) < 4.78 is 5.25. The van der Waals surface area contributed by atoms with Crippen LogP contribution in [0.1, 0.15) is 44.2 Å². The Kier molecular flexibility index (Phi) is 6.60. The van der Waals surface area contributed by atoms with E-state index in [4.69, 9.17) is 27.7 Å². The molecule has 0 saturated heterocycles. The van der Waals surface area contributed by atoms with Crippen LogP contribution in [0.2, 0.25) is 10.0 Å². The van der Waals surface area contributed by atoms with E-state index in [-0.39, 0.29) is 17.9 Å². The molecule has 1 aromatic heterocycles. The summed E-state index contributed by atoms with van der Waals surface area (Å²) in [5.41, 5.74) is 3.15. The van der Waals surface area contributed by atoms with E-state index in [2.05, 4.69) is 48.4 Å². The molecule has 0 radical (unpaired) electrons. The van der Waals surface area contributed by atoms with Crippen molar-refractivity contribution >= 4 is 29.1 Å². The first-order valence-corrected chi connectivity index (χ1v) is 10.1. The molecule has 29 heavy (non-hydrogen) atoms. The maximum Gasteiger partial charge on any atom is 0.246 e. The van der Waals surface area contributed by atoms with E-state index in [1.165, 1.54) is 5.56 Å². The number of nitrogens with one attached hydrogen (secondary N) is 1. The highest BCUT2D eigenvalue weighted by atomic mass is 35.5. The van der Waals surface area contributed by atoms with Crippen LogP contribution in [-0.4, -0.2) is 16.0 Å². The van der Waals surface area contributed by atoms with Crippen LogP contribution in [0.25, 0.3) is 11.4 Å². The fraction of sp³-hybridized carbons (Fsp3) is 0.318. The lowest BCUT2D eigenvalue weighted by Crippen LogP contribution is -2.23. The first-order valence-electron chi connectivity index (χ1n) is 9.36. The second-order valence-corrected chi connectivity index (χ2v) is 8.68. The Morgan fingerprint density at radius 1 is 1.07 bits per heavy atom. The predicted octanol–water partition coefficient (Wildman–Crippen LogP) is 5.59. The van der Waals surface area contributed by atoms with Crippen LogP contribution in [0.15, 0.2) is 47.0 Å². The van der Waals surface area contributed by atoms with Gasteiger partial charge < -0.3 is 9.84 Å². The van der Waals surface area contributed by atoms with Crippen LogP contribution in [0.5, 0.6) is 0 Å². The second kappa shape index (κ2) is 8.97. The predicted molar refractivity (Wildman–Crippen MR) is 115 cm³/mol. The zero-order valence-electron chi connectivity index (χ0n) is 16.6. The van der Waals surface area contributed by atoms with Crippen molar-refractivity contribution in [2.24, 2.45) is 0 Å². The average Bonchev–Trinajstić information content (AvgIpc) is 3.16. The van der Waals surface area contributed by atoms with Crippen molar-refractivity contribution in [3.05, 3.63) is 69.5 Å². The number of hydrogen-bond acceptors (Lipinski definition) is 4. The van der Waals surface area contributed by atoms with Crippen LogP contribution < -0.4 is 5.32 Å². The maximum atomic E-state index is 12.1. The number of aryl methyl sites for hydroxylation is 1. The number of aromatic nitrogens is 2. The molecule has 1 heterocycles. The molecular weight excluding hydrogens is 409 g/mol. The van der Waals surface area contributed by atoms with Crippen molar-refractivity contribution < 1.29 is 9.32 Å². The fourth-order valence-electron chi connectivity index (χ4n) is 2.78.